The summed E-state index contributed by atoms with van der Waals surface area (Å²) in [4.78, 5) is 25.1. The van der Waals surface area contributed by atoms with E-state index >= 15 is 0 Å². The van der Waals surface area contributed by atoms with Crippen molar-refractivity contribution in [2.45, 2.75) is 0 Å². The first-order valence-electron chi connectivity index (χ1n) is 11.4. The zero-order valence-corrected chi connectivity index (χ0v) is 24.6. The predicted octanol–water partition coefficient (Wildman–Crippen LogP) is 1.48. The summed E-state index contributed by atoms with van der Waals surface area (Å²) in [5.41, 5.74) is 5.49. The molecule has 0 atom stereocenters. The van der Waals surface area contributed by atoms with E-state index in [9.17, 15) is 0 Å². The minimum absolute atomic E-state index is 0. The van der Waals surface area contributed by atoms with E-state index in [-0.39, 0.29) is 52.3 Å². The number of aromatic nitrogens is 6. The van der Waals surface area contributed by atoms with Crippen LogP contribution < -0.4 is 0 Å². The van der Waals surface area contributed by atoms with E-state index in [1.165, 1.54) is 0 Å². The summed E-state index contributed by atoms with van der Waals surface area (Å²) < 4.78 is 0. The molecule has 0 aliphatic rings. The van der Waals surface area contributed by atoms with Crippen LogP contribution >= 0.6 is 0 Å². The smallest absolute Gasteiger partial charge is 0.412 e. The van der Waals surface area contributed by atoms with Gasteiger partial charge in [0.05, 0.1) is 34.2 Å². The second kappa shape index (κ2) is 26.2. The summed E-state index contributed by atoms with van der Waals surface area (Å²) in [5.74, 6) is 0. The second-order valence-electron chi connectivity index (χ2n) is 7.29. The average Bonchev–Trinajstić information content (AvgIpc) is 3.01. The summed E-state index contributed by atoms with van der Waals surface area (Å²) >= 11 is 0. The summed E-state index contributed by atoms with van der Waals surface area (Å²) in [6, 6.07) is 34.8. The Morgan fingerprint density at radius 3 is 0.465 bits per heavy atom. The number of hydrogen-bond donors (Lipinski definition) is 0. The minimum Gasteiger partial charge on any atom is -0.412 e. The van der Waals surface area contributed by atoms with Gasteiger partial charge in [-0.3, -0.25) is 29.9 Å². The number of nitrogens with zero attached hydrogens (tertiary/aromatic N) is 6. The third-order valence-corrected chi connectivity index (χ3v) is 4.78. The first-order valence-corrected chi connectivity index (χ1v) is 11.4. The van der Waals surface area contributed by atoms with Gasteiger partial charge in [0.2, 0.25) is 0 Å². The Morgan fingerprint density at radius 1 is 0.233 bits per heavy atom. The molecule has 12 nitrogen and oxygen atoms in total. The van der Waals surface area contributed by atoms with E-state index < -0.39 is 0 Å². The Labute approximate surface area is 262 Å². The van der Waals surface area contributed by atoms with Gasteiger partial charge in [-0.25, -0.2) is 0 Å². The van der Waals surface area contributed by atoms with Crippen molar-refractivity contribution in [3.05, 3.63) is 146 Å². The molecule has 0 amide bonds. The second-order valence-corrected chi connectivity index (χ2v) is 7.29. The van der Waals surface area contributed by atoms with E-state index in [1.807, 2.05) is 109 Å². The van der Waals surface area contributed by atoms with Crippen molar-refractivity contribution in [2.24, 2.45) is 0 Å². The van der Waals surface area contributed by atoms with Crippen LogP contribution in [0.4, 0.5) is 0 Å². The van der Waals surface area contributed by atoms with Crippen molar-refractivity contribution < 1.29 is 52.3 Å². The van der Waals surface area contributed by atoms with Gasteiger partial charge < -0.3 is 32.9 Å². The third kappa shape index (κ3) is 15.2. The van der Waals surface area contributed by atoms with E-state index in [0.29, 0.717) is 0 Å². The van der Waals surface area contributed by atoms with Gasteiger partial charge in [-0.1, -0.05) is 36.4 Å². The van der Waals surface area contributed by atoms with Crippen molar-refractivity contribution in [3.8, 4) is 34.2 Å². The quantitative estimate of drug-likeness (QED) is 0.250. The standard InChI is InChI=1S/3C10H8N2.6H2O.Ru/c3*1-3-7-11-9(5-1)10-6-2-4-8-12-10;;;;;;;/h3*1-8H;6*1H2;/q;;;;;;;;;+2. The van der Waals surface area contributed by atoms with Crippen LogP contribution in [-0.4, -0.2) is 62.8 Å². The first kappa shape index (κ1) is 45.3. The Bertz CT molecular complexity index is 1130. The number of hydrogen-bond acceptors (Lipinski definition) is 6. The molecule has 12 N–H and O–H groups in total. The van der Waals surface area contributed by atoms with Gasteiger partial charge in [0, 0.05) is 37.2 Å². The van der Waals surface area contributed by atoms with Gasteiger partial charge in [0.25, 0.3) is 0 Å². The van der Waals surface area contributed by atoms with Crippen LogP contribution in [0.25, 0.3) is 34.2 Å². The van der Waals surface area contributed by atoms with E-state index in [4.69, 9.17) is 0 Å². The maximum absolute atomic E-state index is 4.19. The van der Waals surface area contributed by atoms with E-state index in [2.05, 4.69) is 29.9 Å². The Balaban J connectivity index is -0.000000245. The van der Waals surface area contributed by atoms with Gasteiger partial charge in [0.1, 0.15) is 0 Å². The molecule has 43 heavy (non-hydrogen) atoms. The Kier molecular flexibility index (Phi) is 27.6. The van der Waals surface area contributed by atoms with Crippen molar-refractivity contribution in [2.75, 3.05) is 0 Å². The molecule has 6 aromatic heterocycles. The SMILES string of the molecule is O.O.O.O.O.O.[Ru+2].c1ccc(-c2ccccn2)nc1.c1ccc(-c2ccccn2)nc1.c1ccc(-c2ccccn2)nc1. The monoisotopic (exact) mass is 678 g/mol. The Morgan fingerprint density at radius 2 is 0.372 bits per heavy atom. The molecule has 0 unspecified atom stereocenters. The van der Waals surface area contributed by atoms with Crippen molar-refractivity contribution in [1.29, 1.82) is 0 Å². The van der Waals surface area contributed by atoms with Crippen LogP contribution in [0.3, 0.4) is 0 Å². The molecule has 0 bridgehead atoms. The summed E-state index contributed by atoms with van der Waals surface area (Å²) in [5, 5.41) is 0. The van der Waals surface area contributed by atoms with Crippen LogP contribution in [0.1, 0.15) is 0 Å². The largest absolute Gasteiger partial charge is 2.00 e. The van der Waals surface area contributed by atoms with Crippen molar-refractivity contribution in [1.82, 2.24) is 29.9 Å². The third-order valence-electron chi connectivity index (χ3n) is 4.78. The van der Waals surface area contributed by atoms with Gasteiger partial charge in [0.15, 0.2) is 0 Å². The maximum atomic E-state index is 4.19. The zero-order valence-electron chi connectivity index (χ0n) is 22.9. The van der Waals surface area contributed by atoms with Crippen LogP contribution in [0.15, 0.2) is 146 Å². The van der Waals surface area contributed by atoms with Crippen molar-refractivity contribution in [3.63, 3.8) is 0 Å². The van der Waals surface area contributed by atoms with Crippen LogP contribution in [0.5, 0.6) is 0 Å². The Hall–Kier alpha value is -4.72. The summed E-state index contributed by atoms with van der Waals surface area (Å²) in [6.07, 6.45) is 10.6. The molecule has 0 aromatic carbocycles. The molecule has 228 valence electrons. The molecule has 6 rings (SSSR count). The molecule has 6 heterocycles. The van der Waals surface area contributed by atoms with Crippen LogP contribution in [0.2, 0.25) is 0 Å². The number of rotatable bonds is 3. The van der Waals surface area contributed by atoms with Gasteiger partial charge in [-0.05, 0) is 72.8 Å². The normalized spacial score (nSPS) is 8.09. The molecule has 0 fully saturated rings. The van der Waals surface area contributed by atoms with Gasteiger partial charge in [-0.15, -0.1) is 0 Å². The fraction of sp³-hybridized carbons (Fsp3) is 0. The molecule has 6 aromatic rings. The molecule has 0 aliphatic carbocycles. The minimum atomic E-state index is 0. The average molecular weight is 678 g/mol. The first-order chi connectivity index (χ1) is 17.9. The predicted molar refractivity (Wildman–Crippen MR) is 164 cm³/mol. The van der Waals surface area contributed by atoms with Gasteiger partial charge >= 0.3 is 19.5 Å². The van der Waals surface area contributed by atoms with Crippen molar-refractivity contribution >= 4 is 0 Å². The van der Waals surface area contributed by atoms with Crippen LogP contribution in [0, 0.1) is 0 Å². The fourth-order valence-corrected chi connectivity index (χ4v) is 3.09. The summed E-state index contributed by atoms with van der Waals surface area (Å²) in [7, 11) is 0. The maximum Gasteiger partial charge on any atom is 2.00 e. The molecule has 0 saturated carbocycles. The fourth-order valence-electron chi connectivity index (χ4n) is 3.09. The molecule has 13 heteroatoms. The molecular weight excluding hydrogens is 641 g/mol. The van der Waals surface area contributed by atoms with E-state index in [0.717, 1.165) is 34.2 Å². The summed E-state index contributed by atoms with van der Waals surface area (Å²) in [6.45, 7) is 0. The molecule has 0 spiro atoms. The zero-order chi connectivity index (χ0) is 24.7. The van der Waals surface area contributed by atoms with E-state index in [1.54, 1.807) is 37.2 Å². The molecule has 0 aliphatic heterocycles. The molecule has 0 radical (unpaired) electrons. The molecular formula is C30H36N6O6Ru+2. The topological polar surface area (TPSA) is 266 Å². The molecule has 0 saturated heterocycles. The van der Waals surface area contributed by atoms with Gasteiger partial charge in [-0.2, -0.15) is 0 Å². The van der Waals surface area contributed by atoms with Crippen LogP contribution in [-0.2, 0) is 19.5 Å². The number of pyridine rings is 6.